The largest absolute Gasteiger partial charge is 0.380 e. The summed E-state index contributed by atoms with van der Waals surface area (Å²) in [6.07, 6.45) is 0.949. The third-order valence-corrected chi connectivity index (χ3v) is 3.86. The SMILES string of the molecule is CCOCC1NCCOC12CCOC2(C)C. The van der Waals surface area contributed by atoms with Crippen LogP contribution in [0, 0.1) is 0 Å². The van der Waals surface area contributed by atoms with Crippen LogP contribution in [0.1, 0.15) is 27.2 Å². The van der Waals surface area contributed by atoms with Crippen molar-refractivity contribution < 1.29 is 14.2 Å². The van der Waals surface area contributed by atoms with Gasteiger partial charge in [-0.2, -0.15) is 0 Å². The Morgan fingerprint density at radius 3 is 2.75 bits per heavy atom. The average Bonchev–Trinajstić information content (AvgIpc) is 2.54. The lowest BCUT2D eigenvalue weighted by molar-refractivity contribution is -0.179. The first-order valence-corrected chi connectivity index (χ1v) is 6.21. The first-order chi connectivity index (χ1) is 7.62. The van der Waals surface area contributed by atoms with Crippen molar-refractivity contribution >= 4 is 0 Å². The van der Waals surface area contributed by atoms with E-state index in [0.717, 1.165) is 32.8 Å². The van der Waals surface area contributed by atoms with Gasteiger partial charge in [0, 0.05) is 19.6 Å². The zero-order valence-corrected chi connectivity index (χ0v) is 10.5. The van der Waals surface area contributed by atoms with Crippen LogP contribution in [-0.4, -0.2) is 50.2 Å². The number of rotatable bonds is 3. The van der Waals surface area contributed by atoms with Gasteiger partial charge >= 0.3 is 0 Å². The first-order valence-electron chi connectivity index (χ1n) is 6.21. The zero-order chi connectivity index (χ0) is 11.6. The highest BCUT2D eigenvalue weighted by molar-refractivity contribution is 5.09. The van der Waals surface area contributed by atoms with Gasteiger partial charge in [0.15, 0.2) is 0 Å². The minimum absolute atomic E-state index is 0.222. The smallest absolute Gasteiger partial charge is 0.116 e. The van der Waals surface area contributed by atoms with E-state index in [9.17, 15) is 0 Å². The van der Waals surface area contributed by atoms with Gasteiger partial charge in [0.1, 0.15) is 5.60 Å². The van der Waals surface area contributed by atoms with E-state index in [4.69, 9.17) is 14.2 Å². The lowest BCUT2D eigenvalue weighted by Gasteiger charge is -2.48. The summed E-state index contributed by atoms with van der Waals surface area (Å²) < 4.78 is 17.5. The van der Waals surface area contributed by atoms with E-state index in [1.807, 2.05) is 6.92 Å². The van der Waals surface area contributed by atoms with Crippen LogP contribution in [-0.2, 0) is 14.2 Å². The fourth-order valence-electron chi connectivity index (χ4n) is 2.88. The number of nitrogens with one attached hydrogen (secondary N) is 1. The van der Waals surface area contributed by atoms with Gasteiger partial charge in [0.2, 0.25) is 0 Å². The molecule has 4 heteroatoms. The van der Waals surface area contributed by atoms with Crippen LogP contribution in [0.15, 0.2) is 0 Å². The van der Waals surface area contributed by atoms with Crippen molar-refractivity contribution in [2.45, 2.75) is 44.4 Å². The van der Waals surface area contributed by atoms with Gasteiger partial charge in [-0.05, 0) is 20.8 Å². The van der Waals surface area contributed by atoms with E-state index in [-0.39, 0.29) is 17.2 Å². The molecule has 0 aromatic carbocycles. The van der Waals surface area contributed by atoms with Gasteiger partial charge < -0.3 is 19.5 Å². The molecule has 0 saturated carbocycles. The average molecular weight is 229 g/mol. The Kier molecular flexibility index (Phi) is 3.54. The molecule has 1 N–H and O–H groups in total. The van der Waals surface area contributed by atoms with E-state index in [0.29, 0.717) is 6.61 Å². The Hall–Kier alpha value is -0.160. The molecule has 2 heterocycles. The molecule has 94 valence electrons. The van der Waals surface area contributed by atoms with Crippen LogP contribution in [0.4, 0.5) is 0 Å². The van der Waals surface area contributed by atoms with Gasteiger partial charge in [-0.25, -0.2) is 0 Å². The summed E-state index contributed by atoms with van der Waals surface area (Å²) in [5.41, 5.74) is -0.456. The monoisotopic (exact) mass is 229 g/mol. The van der Waals surface area contributed by atoms with Crippen molar-refractivity contribution in [1.29, 1.82) is 0 Å². The molecule has 0 amide bonds. The Labute approximate surface area is 97.6 Å². The molecule has 2 unspecified atom stereocenters. The van der Waals surface area contributed by atoms with E-state index >= 15 is 0 Å². The summed E-state index contributed by atoms with van der Waals surface area (Å²) >= 11 is 0. The molecular weight excluding hydrogens is 206 g/mol. The Morgan fingerprint density at radius 1 is 1.31 bits per heavy atom. The highest BCUT2D eigenvalue weighted by Gasteiger charge is 2.57. The van der Waals surface area contributed by atoms with Crippen molar-refractivity contribution in [1.82, 2.24) is 5.32 Å². The Morgan fingerprint density at radius 2 is 2.12 bits per heavy atom. The number of hydrogen-bond acceptors (Lipinski definition) is 4. The van der Waals surface area contributed by atoms with E-state index < -0.39 is 0 Å². The third kappa shape index (κ3) is 1.88. The topological polar surface area (TPSA) is 39.7 Å². The summed E-state index contributed by atoms with van der Waals surface area (Å²) in [4.78, 5) is 0. The second kappa shape index (κ2) is 4.61. The van der Waals surface area contributed by atoms with Crippen molar-refractivity contribution in [2.75, 3.05) is 33.0 Å². The van der Waals surface area contributed by atoms with Crippen LogP contribution in [0.3, 0.4) is 0 Å². The van der Waals surface area contributed by atoms with Crippen LogP contribution < -0.4 is 5.32 Å². The maximum absolute atomic E-state index is 6.08. The molecule has 2 saturated heterocycles. The molecule has 4 nitrogen and oxygen atoms in total. The predicted octanol–water partition coefficient (Wildman–Crippen LogP) is 0.949. The van der Waals surface area contributed by atoms with Crippen LogP contribution in [0.2, 0.25) is 0 Å². The molecular formula is C12H23NO3. The van der Waals surface area contributed by atoms with Crippen molar-refractivity contribution in [3.05, 3.63) is 0 Å². The molecule has 0 bridgehead atoms. The predicted molar refractivity (Wildman–Crippen MR) is 61.6 cm³/mol. The first kappa shape index (κ1) is 12.3. The van der Waals surface area contributed by atoms with Crippen LogP contribution in [0.25, 0.3) is 0 Å². The summed E-state index contributed by atoms with van der Waals surface area (Å²) in [6, 6.07) is 0.235. The number of morpholine rings is 1. The van der Waals surface area contributed by atoms with Gasteiger partial charge in [-0.1, -0.05) is 0 Å². The Bertz CT molecular complexity index is 244. The third-order valence-electron chi connectivity index (χ3n) is 3.86. The molecule has 0 aliphatic carbocycles. The molecule has 0 aromatic rings. The van der Waals surface area contributed by atoms with Gasteiger partial charge in [-0.3, -0.25) is 0 Å². The second-order valence-corrected chi connectivity index (χ2v) is 5.01. The van der Waals surface area contributed by atoms with E-state index in [1.54, 1.807) is 0 Å². The quantitative estimate of drug-likeness (QED) is 0.782. The molecule has 0 radical (unpaired) electrons. The van der Waals surface area contributed by atoms with Crippen molar-refractivity contribution in [3.8, 4) is 0 Å². The number of hydrogen-bond donors (Lipinski definition) is 1. The highest BCUT2D eigenvalue weighted by Crippen LogP contribution is 2.42. The summed E-state index contributed by atoms with van der Waals surface area (Å²) in [6.45, 7) is 10.1. The van der Waals surface area contributed by atoms with Crippen LogP contribution >= 0.6 is 0 Å². The van der Waals surface area contributed by atoms with Crippen molar-refractivity contribution in [3.63, 3.8) is 0 Å². The lowest BCUT2D eigenvalue weighted by atomic mass is 9.78. The normalized spacial score (nSPS) is 38.1. The van der Waals surface area contributed by atoms with Crippen molar-refractivity contribution in [2.24, 2.45) is 0 Å². The molecule has 2 aliphatic rings. The Balaban J connectivity index is 2.14. The minimum Gasteiger partial charge on any atom is -0.380 e. The zero-order valence-electron chi connectivity index (χ0n) is 10.5. The number of ether oxygens (including phenoxy) is 3. The van der Waals surface area contributed by atoms with Gasteiger partial charge in [-0.15, -0.1) is 0 Å². The minimum atomic E-state index is -0.234. The standard InChI is InChI=1S/C12H23NO3/c1-4-14-9-10-12(16-8-6-13-10)5-7-15-11(12,2)3/h10,13H,4-9H2,1-3H3. The molecule has 2 aliphatic heterocycles. The van der Waals surface area contributed by atoms with Crippen LogP contribution in [0.5, 0.6) is 0 Å². The second-order valence-electron chi connectivity index (χ2n) is 5.01. The molecule has 1 spiro atoms. The molecule has 2 fully saturated rings. The summed E-state index contributed by atoms with van der Waals surface area (Å²) in [5.74, 6) is 0. The molecule has 16 heavy (non-hydrogen) atoms. The van der Waals surface area contributed by atoms with Gasteiger partial charge in [0.25, 0.3) is 0 Å². The maximum atomic E-state index is 6.08. The molecule has 2 atom stereocenters. The fraction of sp³-hybridized carbons (Fsp3) is 1.00. The summed E-state index contributed by atoms with van der Waals surface area (Å²) in [7, 11) is 0. The molecule has 0 aromatic heterocycles. The lowest BCUT2D eigenvalue weighted by Crippen LogP contribution is -2.67. The highest BCUT2D eigenvalue weighted by atomic mass is 16.6. The van der Waals surface area contributed by atoms with E-state index in [1.165, 1.54) is 0 Å². The maximum Gasteiger partial charge on any atom is 0.116 e. The van der Waals surface area contributed by atoms with E-state index in [2.05, 4.69) is 19.2 Å². The summed E-state index contributed by atoms with van der Waals surface area (Å²) in [5, 5.41) is 3.51. The van der Waals surface area contributed by atoms with Gasteiger partial charge in [0.05, 0.1) is 31.5 Å². The molecule has 2 rings (SSSR count). The fourth-order valence-corrected chi connectivity index (χ4v) is 2.88.